The summed E-state index contributed by atoms with van der Waals surface area (Å²) >= 11 is 0. The summed E-state index contributed by atoms with van der Waals surface area (Å²) in [5, 5.41) is 11.5. The van der Waals surface area contributed by atoms with Crippen molar-refractivity contribution in [2.75, 3.05) is 13.7 Å². The molecule has 2 N–H and O–H groups in total. The van der Waals surface area contributed by atoms with Gasteiger partial charge in [-0.05, 0) is 19.4 Å². The minimum atomic E-state index is -0.785. The lowest BCUT2D eigenvalue weighted by molar-refractivity contribution is -0.141. The van der Waals surface area contributed by atoms with Crippen LogP contribution in [0.3, 0.4) is 0 Å². The molecule has 0 aromatic carbocycles. The van der Waals surface area contributed by atoms with Gasteiger partial charge < -0.3 is 15.2 Å². The Morgan fingerprint density at radius 2 is 2.45 bits per heavy atom. The van der Waals surface area contributed by atoms with Crippen molar-refractivity contribution in [3.63, 3.8) is 0 Å². The second kappa shape index (κ2) is 3.69. The van der Waals surface area contributed by atoms with Crippen molar-refractivity contribution in [2.45, 2.75) is 25.0 Å². The third kappa shape index (κ3) is 2.17. The van der Waals surface area contributed by atoms with Gasteiger partial charge in [0.1, 0.15) is 6.04 Å². The fourth-order valence-electron chi connectivity index (χ4n) is 1.28. The average Bonchev–Trinajstić information content (AvgIpc) is 2.05. The maximum atomic E-state index is 10.5. The van der Waals surface area contributed by atoms with E-state index in [0.29, 0.717) is 6.42 Å². The molecule has 0 amide bonds. The molecule has 0 aromatic heterocycles. The Hall–Kier alpha value is -0.610. The van der Waals surface area contributed by atoms with Crippen molar-refractivity contribution in [2.24, 2.45) is 0 Å². The van der Waals surface area contributed by atoms with Crippen LogP contribution in [0.5, 0.6) is 0 Å². The van der Waals surface area contributed by atoms with E-state index in [0.717, 1.165) is 13.0 Å². The van der Waals surface area contributed by atoms with E-state index in [2.05, 4.69) is 5.32 Å². The van der Waals surface area contributed by atoms with E-state index in [4.69, 9.17) is 9.84 Å². The van der Waals surface area contributed by atoms with Crippen molar-refractivity contribution in [1.29, 1.82) is 0 Å². The van der Waals surface area contributed by atoms with Crippen LogP contribution in [0, 0.1) is 0 Å². The molecule has 0 spiro atoms. The van der Waals surface area contributed by atoms with Crippen LogP contribution in [0.4, 0.5) is 0 Å². The van der Waals surface area contributed by atoms with E-state index < -0.39 is 12.0 Å². The predicted octanol–water partition coefficient (Wildman–Crippen LogP) is -0.162. The van der Waals surface area contributed by atoms with E-state index >= 15 is 0 Å². The molecule has 0 aliphatic carbocycles. The van der Waals surface area contributed by atoms with Crippen molar-refractivity contribution >= 4 is 5.97 Å². The van der Waals surface area contributed by atoms with Crippen molar-refractivity contribution < 1.29 is 14.6 Å². The number of hydrogen-bond donors (Lipinski definition) is 2. The fraction of sp³-hybridized carbons (Fsp3) is 0.857. The highest BCUT2D eigenvalue weighted by molar-refractivity contribution is 5.73. The van der Waals surface area contributed by atoms with E-state index in [1.165, 1.54) is 0 Å². The Balaban J connectivity index is 2.39. The molecule has 1 fully saturated rings. The summed E-state index contributed by atoms with van der Waals surface area (Å²) < 4.78 is 5.07. The van der Waals surface area contributed by atoms with Gasteiger partial charge in [-0.1, -0.05) is 0 Å². The minimum Gasteiger partial charge on any atom is -0.480 e. The number of methoxy groups -OCH3 is 1. The lowest BCUT2D eigenvalue weighted by atomic mass is 10.0. The number of ether oxygens (including phenoxy) is 1. The monoisotopic (exact) mass is 159 g/mol. The first-order valence-corrected chi connectivity index (χ1v) is 3.73. The van der Waals surface area contributed by atoms with Crippen LogP contribution < -0.4 is 5.32 Å². The van der Waals surface area contributed by atoms with Crippen LogP contribution in [0.25, 0.3) is 0 Å². The highest BCUT2D eigenvalue weighted by Gasteiger charge is 2.25. The highest BCUT2D eigenvalue weighted by Crippen LogP contribution is 2.11. The molecule has 1 heterocycles. The first-order valence-electron chi connectivity index (χ1n) is 3.73. The smallest absolute Gasteiger partial charge is 0.320 e. The van der Waals surface area contributed by atoms with Gasteiger partial charge in [0.25, 0.3) is 0 Å². The summed E-state index contributed by atoms with van der Waals surface area (Å²) in [5.41, 5.74) is 0. The SMILES string of the molecule is COC1CCNC(C(=O)O)C1. The molecule has 2 unspecified atom stereocenters. The first kappa shape index (κ1) is 8.49. The number of carboxylic acid groups (broad SMARTS) is 1. The summed E-state index contributed by atoms with van der Waals surface area (Å²) in [6.45, 7) is 0.732. The molecule has 1 aliphatic heterocycles. The maximum Gasteiger partial charge on any atom is 0.320 e. The third-order valence-corrected chi connectivity index (χ3v) is 1.99. The van der Waals surface area contributed by atoms with Gasteiger partial charge in [-0.3, -0.25) is 4.79 Å². The van der Waals surface area contributed by atoms with Gasteiger partial charge in [0.15, 0.2) is 0 Å². The molecule has 64 valence electrons. The molecular weight excluding hydrogens is 146 g/mol. The van der Waals surface area contributed by atoms with E-state index in [9.17, 15) is 4.79 Å². The number of carbonyl (C=O) groups is 1. The van der Waals surface area contributed by atoms with Crippen LogP contribution in [-0.2, 0) is 9.53 Å². The normalized spacial score (nSPS) is 31.7. The Bertz CT molecular complexity index is 149. The molecule has 1 saturated heterocycles. The zero-order valence-corrected chi connectivity index (χ0v) is 6.54. The maximum absolute atomic E-state index is 10.5. The van der Waals surface area contributed by atoms with Crippen LogP contribution in [0.15, 0.2) is 0 Å². The van der Waals surface area contributed by atoms with Gasteiger partial charge in [-0.15, -0.1) is 0 Å². The first-order chi connectivity index (χ1) is 5.24. The second-order valence-corrected chi connectivity index (χ2v) is 2.73. The zero-order chi connectivity index (χ0) is 8.27. The van der Waals surface area contributed by atoms with E-state index in [1.807, 2.05) is 0 Å². The number of rotatable bonds is 2. The number of hydrogen-bond acceptors (Lipinski definition) is 3. The molecule has 1 aliphatic rings. The Labute approximate surface area is 65.5 Å². The van der Waals surface area contributed by atoms with Gasteiger partial charge in [0.2, 0.25) is 0 Å². The van der Waals surface area contributed by atoms with Crippen molar-refractivity contribution in [1.82, 2.24) is 5.32 Å². The minimum absolute atomic E-state index is 0.109. The molecular formula is C7H13NO3. The largest absolute Gasteiger partial charge is 0.480 e. The van der Waals surface area contributed by atoms with Gasteiger partial charge in [0, 0.05) is 7.11 Å². The molecule has 2 atom stereocenters. The van der Waals surface area contributed by atoms with E-state index in [-0.39, 0.29) is 6.10 Å². The molecule has 1 rings (SSSR count). The van der Waals surface area contributed by atoms with Gasteiger partial charge in [-0.25, -0.2) is 0 Å². The average molecular weight is 159 g/mol. The molecule has 0 aromatic rings. The summed E-state index contributed by atoms with van der Waals surface area (Å²) in [5.74, 6) is -0.785. The molecule has 0 radical (unpaired) electrons. The van der Waals surface area contributed by atoms with Crippen molar-refractivity contribution in [3.05, 3.63) is 0 Å². The summed E-state index contributed by atoms with van der Waals surface area (Å²) in [7, 11) is 1.62. The number of carboxylic acids is 1. The van der Waals surface area contributed by atoms with Crippen molar-refractivity contribution in [3.8, 4) is 0 Å². The lowest BCUT2D eigenvalue weighted by Crippen LogP contribution is -2.45. The third-order valence-electron chi connectivity index (χ3n) is 1.99. The van der Waals surface area contributed by atoms with Gasteiger partial charge in [-0.2, -0.15) is 0 Å². The van der Waals surface area contributed by atoms with Gasteiger partial charge in [0.05, 0.1) is 6.10 Å². The highest BCUT2D eigenvalue weighted by atomic mass is 16.5. The van der Waals surface area contributed by atoms with Crippen LogP contribution in [0.1, 0.15) is 12.8 Å². The second-order valence-electron chi connectivity index (χ2n) is 2.73. The van der Waals surface area contributed by atoms with Crippen LogP contribution >= 0.6 is 0 Å². The molecule has 0 bridgehead atoms. The summed E-state index contributed by atoms with van der Waals surface area (Å²) in [4.78, 5) is 10.5. The van der Waals surface area contributed by atoms with Gasteiger partial charge >= 0.3 is 5.97 Å². The Morgan fingerprint density at radius 3 is 3.00 bits per heavy atom. The molecule has 4 heteroatoms. The fourth-order valence-corrected chi connectivity index (χ4v) is 1.28. The molecule has 0 saturated carbocycles. The topological polar surface area (TPSA) is 58.6 Å². The quantitative estimate of drug-likeness (QED) is 0.587. The van der Waals surface area contributed by atoms with Crippen LogP contribution in [0.2, 0.25) is 0 Å². The molecule has 4 nitrogen and oxygen atoms in total. The van der Waals surface area contributed by atoms with Crippen LogP contribution in [-0.4, -0.2) is 36.9 Å². The predicted molar refractivity (Wildman–Crippen MR) is 39.5 cm³/mol. The Morgan fingerprint density at radius 1 is 1.73 bits per heavy atom. The summed E-state index contributed by atoms with van der Waals surface area (Å²) in [6, 6.07) is -0.423. The number of nitrogens with one attached hydrogen (secondary N) is 1. The number of piperidine rings is 1. The zero-order valence-electron chi connectivity index (χ0n) is 6.54. The number of aliphatic carboxylic acids is 1. The standard InChI is InChI=1S/C7H13NO3/c1-11-5-2-3-8-6(4-5)7(9)10/h5-6,8H,2-4H2,1H3,(H,9,10). The Kier molecular flexibility index (Phi) is 2.84. The lowest BCUT2D eigenvalue weighted by Gasteiger charge is -2.26. The summed E-state index contributed by atoms with van der Waals surface area (Å²) in [6.07, 6.45) is 1.59. The van der Waals surface area contributed by atoms with E-state index in [1.54, 1.807) is 7.11 Å². The molecule has 11 heavy (non-hydrogen) atoms.